The molecule has 2 heteroatoms. The van der Waals surface area contributed by atoms with Gasteiger partial charge in [0.05, 0.1) is 5.60 Å². The molecule has 16 heavy (non-hydrogen) atoms. The van der Waals surface area contributed by atoms with Gasteiger partial charge < -0.3 is 10.0 Å². The van der Waals surface area contributed by atoms with E-state index in [0.29, 0.717) is 5.92 Å². The van der Waals surface area contributed by atoms with Gasteiger partial charge in [-0.3, -0.25) is 0 Å². The van der Waals surface area contributed by atoms with Crippen molar-refractivity contribution in [1.82, 2.24) is 4.90 Å². The highest BCUT2D eigenvalue weighted by atomic mass is 16.3. The summed E-state index contributed by atoms with van der Waals surface area (Å²) in [5, 5.41) is 10.9. The standard InChI is InChI=1S/C14H19NO/c1-11-3-2-4-12(9-11)14(16)6-8-15-7-5-13(14)10-15/h2-4,9,13,16H,5-8,10H2,1H3. The van der Waals surface area contributed by atoms with E-state index in [1.807, 2.05) is 0 Å². The molecule has 3 unspecified atom stereocenters. The highest BCUT2D eigenvalue weighted by molar-refractivity contribution is 5.29. The summed E-state index contributed by atoms with van der Waals surface area (Å²) in [5.41, 5.74) is 1.80. The van der Waals surface area contributed by atoms with E-state index in [1.54, 1.807) is 0 Å². The first-order chi connectivity index (χ1) is 7.68. The van der Waals surface area contributed by atoms with Gasteiger partial charge in [-0.05, 0) is 31.9 Å². The van der Waals surface area contributed by atoms with E-state index in [2.05, 4.69) is 36.1 Å². The van der Waals surface area contributed by atoms with Gasteiger partial charge in [0, 0.05) is 19.0 Å². The smallest absolute Gasteiger partial charge is 0.0949 e. The average Bonchev–Trinajstić information content (AvgIpc) is 2.69. The molecular weight excluding hydrogens is 198 g/mol. The Hall–Kier alpha value is -0.860. The third kappa shape index (κ3) is 1.48. The van der Waals surface area contributed by atoms with Crippen molar-refractivity contribution < 1.29 is 5.11 Å². The minimum absolute atomic E-state index is 0.433. The molecule has 86 valence electrons. The van der Waals surface area contributed by atoms with Crippen LogP contribution < -0.4 is 0 Å². The number of aliphatic hydroxyl groups is 1. The number of hydrogen-bond acceptors (Lipinski definition) is 2. The number of nitrogens with zero attached hydrogens (tertiary/aromatic N) is 1. The Morgan fingerprint density at radius 1 is 1.38 bits per heavy atom. The van der Waals surface area contributed by atoms with Gasteiger partial charge in [0.25, 0.3) is 0 Å². The highest BCUT2D eigenvalue weighted by Crippen LogP contribution is 2.42. The highest BCUT2D eigenvalue weighted by Gasteiger charge is 2.45. The van der Waals surface area contributed by atoms with E-state index in [1.165, 1.54) is 12.1 Å². The lowest BCUT2D eigenvalue weighted by atomic mass is 9.76. The second kappa shape index (κ2) is 3.57. The normalized spacial score (nSPS) is 37.6. The molecule has 3 rings (SSSR count). The van der Waals surface area contributed by atoms with Crippen LogP contribution in [0.2, 0.25) is 0 Å². The summed E-state index contributed by atoms with van der Waals surface area (Å²) in [4.78, 5) is 2.47. The molecule has 0 aliphatic carbocycles. The summed E-state index contributed by atoms with van der Waals surface area (Å²) >= 11 is 0. The van der Waals surface area contributed by atoms with E-state index in [4.69, 9.17) is 0 Å². The zero-order valence-corrected chi connectivity index (χ0v) is 9.82. The van der Waals surface area contributed by atoms with Crippen molar-refractivity contribution >= 4 is 0 Å². The molecule has 1 aromatic carbocycles. The lowest BCUT2D eigenvalue weighted by Crippen LogP contribution is -2.44. The molecule has 2 bridgehead atoms. The number of rotatable bonds is 1. The molecule has 0 saturated carbocycles. The zero-order valence-electron chi connectivity index (χ0n) is 9.82. The van der Waals surface area contributed by atoms with Crippen molar-refractivity contribution in [2.45, 2.75) is 25.4 Å². The van der Waals surface area contributed by atoms with Crippen LogP contribution >= 0.6 is 0 Å². The number of fused-ring (bicyclic) bond motifs is 2. The molecule has 0 radical (unpaired) electrons. The molecule has 2 fully saturated rings. The van der Waals surface area contributed by atoms with Gasteiger partial charge in [-0.15, -0.1) is 0 Å². The van der Waals surface area contributed by atoms with Crippen molar-refractivity contribution in [1.29, 1.82) is 0 Å². The van der Waals surface area contributed by atoms with Crippen LogP contribution in [-0.4, -0.2) is 29.6 Å². The Bertz CT molecular complexity index is 403. The van der Waals surface area contributed by atoms with Gasteiger partial charge in [-0.2, -0.15) is 0 Å². The second-order valence-electron chi connectivity index (χ2n) is 5.33. The molecule has 1 N–H and O–H groups in total. The Morgan fingerprint density at radius 3 is 3.06 bits per heavy atom. The van der Waals surface area contributed by atoms with Crippen LogP contribution in [0.5, 0.6) is 0 Å². The van der Waals surface area contributed by atoms with Crippen LogP contribution in [0.25, 0.3) is 0 Å². The van der Waals surface area contributed by atoms with Gasteiger partial charge in [0.1, 0.15) is 0 Å². The van der Waals surface area contributed by atoms with Crippen LogP contribution in [0, 0.1) is 12.8 Å². The van der Waals surface area contributed by atoms with E-state index < -0.39 is 5.60 Å². The van der Waals surface area contributed by atoms with Crippen molar-refractivity contribution in [2.75, 3.05) is 19.6 Å². The van der Waals surface area contributed by atoms with Crippen molar-refractivity contribution in [3.63, 3.8) is 0 Å². The molecule has 3 atom stereocenters. The van der Waals surface area contributed by atoms with Crippen molar-refractivity contribution in [3.8, 4) is 0 Å². The summed E-state index contributed by atoms with van der Waals surface area (Å²) in [7, 11) is 0. The SMILES string of the molecule is Cc1cccc(C2(O)CCN3CCC2C3)c1. The molecule has 2 saturated heterocycles. The van der Waals surface area contributed by atoms with E-state index in [0.717, 1.165) is 31.5 Å². The minimum Gasteiger partial charge on any atom is -0.385 e. The molecule has 2 heterocycles. The maximum absolute atomic E-state index is 10.9. The summed E-state index contributed by atoms with van der Waals surface area (Å²) in [6, 6.07) is 8.38. The molecule has 0 amide bonds. The number of aryl methyl sites for hydroxylation is 1. The van der Waals surface area contributed by atoms with Gasteiger partial charge >= 0.3 is 0 Å². The fourth-order valence-corrected chi connectivity index (χ4v) is 3.25. The summed E-state index contributed by atoms with van der Waals surface area (Å²) in [6.45, 7) is 5.38. The Morgan fingerprint density at radius 2 is 2.25 bits per heavy atom. The van der Waals surface area contributed by atoms with E-state index in [-0.39, 0.29) is 0 Å². The third-order valence-electron chi connectivity index (χ3n) is 4.27. The van der Waals surface area contributed by atoms with Crippen LogP contribution in [-0.2, 0) is 5.60 Å². The van der Waals surface area contributed by atoms with E-state index >= 15 is 0 Å². The molecular formula is C14H19NO. The first-order valence-electron chi connectivity index (χ1n) is 6.20. The number of benzene rings is 1. The minimum atomic E-state index is -0.570. The van der Waals surface area contributed by atoms with Crippen LogP contribution in [0.1, 0.15) is 24.0 Å². The summed E-state index contributed by atoms with van der Waals surface area (Å²) in [5.74, 6) is 0.433. The molecule has 2 aliphatic rings. The van der Waals surface area contributed by atoms with Crippen molar-refractivity contribution in [2.24, 2.45) is 5.92 Å². The summed E-state index contributed by atoms with van der Waals surface area (Å²) < 4.78 is 0. The molecule has 1 aromatic rings. The predicted octanol–water partition coefficient (Wildman–Crippen LogP) is 1.91. The van der Waals surface area contributed by atoms with E-state index in [9.17, 15) is 5.11 Å². The lowest BCUT2D eigenvalue weighted by Gasteiger charge is -2.39. The van der Waals surface area contributed by atoms with Gasteiger partial charge in [-0.1, -0.05) is 29.8 Å². The third-order valence-corrected chi connectivity index (χ3v) is 4.27. The number of hydrogen-bond donors (Lipinski definition) is 1. The monoisotopic (exact) mass is 217 g/mol. The fraction of sp³-hybridized carbons (Fsp3) is 0.571. The zero-order chi connectivity index (χ0) is 11.2. The van der Waals surface area contributed by atoms with Gasteiger partial charge in [0.2, 0.25) is 0 Å². The molecule has 0 aromatic heterocycles. The Kier molecular flexibility index (Phi) is 2.30. The lowest BCUT2D eigenvalue weighted by molar-refractivity contribution is -0.0502. The van der Waals surface area contributed by atoms with Gasteiger partial charge in [-0.25, -0.2) is 0 Å². The van der Waals surface area contributed by atoms with Crippen molar-refractivity contribution in [3.05, 3.63) is 35.4 Å². The maximum atomic E-state index is 10.9. The molecule has 2 nitrogen and oxygen atoms in total. The molecule has 2 aliphatic heterocycles. The fourth-order valence-electron chi connectivity index (χ4n) is 3.25. The Balaban J connectivity index is 1.98. The average molecular weight is 217 g/mol. The van der Waals surface area contributed by atoms with Crippen LogP contribution in [0.15, 0.2) is 24.3 Å². The van der Waals surface area contributed by atoms with Crippen LogP contribution in [0.3, 0.4) is 0 Å². The predicted molar refractivity (Wildman–Crippen MR) is 64.2 cm³/mol. The largest absolute Gasteiger partial charge is 0.385 e. The number of piperidine rings is 1. The van der Waals surface area contributed by atoms with Crippen LogP contribution in [0.4, 0.5) is 0 Å². The van der Waals surface area contributed by atoms with Gasteiger partial charge in [0.15, 0.2) is 0 Å². The summed E-state index contributed by atoms with van der Waals surface area (Å²) in [6.07, 6.45) is 2.03. The first kappa shape index (κ1) is 10.3. The Labute approximate surface area is 96.9 Å². The second-order valence-corrected chi connectivity index (χ2v) is 5.33. The first-order valence-corrected chi connectivity index (χ1v) is 6.20. The topological polar surface area (TPSA) is 23.5 Å². The molecule has 0 spiro atoms. The maximum Gasteiger partial charge on any atom is 0.0949 e. The quantitative estimate of drug-likeness (QED) is 0.776.